The molecule has 4 aliphatic carbocycles. The molecule has 0 heterocycles. The fourth-order valence-corrected chi connectivity index (χ4v) is 6.63. The Morgan fingerprint density at radius 2 is 2.04 bits per heavy atom. The van der Waals surface area contributed by atoms with Crippen LogP contribution in [0.1, 0.15) is 58.8 Å². The monoisotopic (exact) mass is 346 g/mol. The van der Waals surface area contributed by atoms with E-state index >= 15 is 0 Å². The van der Waals surface area contributed by atoms with Crippen molar-refractivity contribution in [2.45, 2.75) is 65.1 Å². The summed E-state index contributed by atoms with van der Waals surface area (Å²) >= 11 is 0. The second kappa shape index (κ2) is 5.95. The zero-order chi connectivity index (χ0) is 17.8. The molecule has 138 valence electrons. The van der Waals surface area contributed by atoms with Crippen LogP contribution in [0.5, 0.6) is 0 Å². The lowest BCUT2D eigenvalue weighted by atomic mass is 9.46. The molecular weight excluding hydrogens is 316 g/mol. The van der Waals surface area contributed by atoms with E-state index in [9.17, 15) is 4.79 Å². The maximum atomic E-state index is 11.8. The molecule has 4 nitrogen and oxygen atoms in total. The maximum Gasteiger partial charge on any atom is 0.368 e. The predicted octanol–water partition coefficient (Wildman–Crippen LogP) is 3.54. The number of aliphatic hydroxyl groups is 2. The van der Waals surface area contributed by atoms with E-state index in [0.29, 0.717) is 34.8 Å². The summed E-state index contributed by atoms with van der Waals surface area (Å²) in [5.74, 6) is 2.04. The average Bonchev–Trinajstić information content (AvgIpc) is 2.97. The fraction of sp³-hybridized carbons (Fsp3) is 0.762. The predicted molar refractivity (Wildman–Crippen MR) is 94.0 cm³/mol. The Labute approximate surface area is 149 Å². The van der Waals surface area contributed by atoms with E-state index in [1.165, 1.54) is 32.1 Å². The van der Waals surface area contributed by atoms with Gasteiger partial charge in [-0.05, 0) is 80.1 Å². The van der Waals surface area contributed by atoms with Gasteiger partial charge in [0.05, 0.1) is 0 Å². The smallest absolute Gasteiger partial charge is 0.368 e. The number of hydrogen-bond acceptors (Lipinski definition) is 4. The standard InChI is InChI=1S/C21H30O4/c1-20-11-4-6-15(20)14-9-8-13-5-3-7-17(25-19(24)18(22)23)21(13,2)16(14)10-12-20/h4,6-7,13-16,18,22-23H,3,5,8-12H2,1-2H3/t13-,14-,15-,16-,20-,21-/m0/s1. The first kappa shape index (κ1) is 17.3. The molecule has 0 aromatic rings. The van der Waals surface area contributed by atoms with Crippen LogP contribution < -0.4 is 0 Å². The fourth-order valence-electron chi connectivity index (χ4n) is 6.63. The lowest BCUT2D eigenvalue weighted by molar-refractivity contribution is -0.175. The molecule has 6 atom stereocenters. The van der Waals surface area contributed by atoms with E-state index in [1.807, 2.05) is 6.08 Å². The van der Waals surface area contributed by atoms with Crippen LogP contribution in [0.25, 0.3) is 0 Å². The van der Waals surface area contributed by atoms with Crippen LogP contribution in [0.3, 0.4) is 0 Å². The van der Waals surface area contributed by atoms with E-state index in [4.69, 9.17) is 14.9 Å². The Hall–Kier alpha value is -1.13. The highest BCUT2D eigenvalue weighted by Gasteiger charge is 2.58. The Morgan fingerprint density at radius 3 is 2.80 bits per heavy atom. The Bertz CT molecular complexity index is 621. The van der Waals surface area contributed by atoms with Gasteiger partial charge in [-0.3, -0.25) is 0 Å². The number of ether oxygens (including phenoxy) is 1. The minimum absolute atomic E-state index is 0.163. The van der Waals surface area contributed by atoms with Crippen molar-refractivity contribution in [1.82, 2.24) is 0 Å². The van der Waals surface area contributed by atoms with Gasteiger partial charge in [-0.15, -0.1) is 0 Å². The van der Waals surface area contributed by atoms with Gasteiger partial charge in [-0.25, -0.2) is 4.79 Å². The molecule has 0 radical (unpaired) electrons. The van der Waals surface area contributed by atoms with Crippen LogP contribution in [0.2, 0.25) is 0 Å². The summed E-state index contributed by atoms with van der Waals surface area (Å²) < 4.78 is 5.51. The first-order chi connectivity index (χ1) is 11.9. The van der Waals surface area contributed by atoms with Crippen LogP contribution >= 0.6 is 0 Å². The van der Waals surface area contributed by atoms with Crippen molar-refractivity contribution in [2.75, 3.05) is 0 Å². The molecule has 0 saturated heterocycles. The number of carbonyl (C=O) groups excluding carboxylic acids is 1. The van der Waals surface area contributed by atoms with Crippen LogP contribution in [0, 0.1) is 34.5 Å². The van der Waals surface area contributed by atoms with Crippen LogP contribution in [-0.2, 0) is 9.53 Å². The summed E-state index contributed by atoms with van der Waals surface area (Å²) in [6.07, 6.45) is 12.8. The number of rotatable bonds is 2. The molecule has 0 bridgehead atoms. The number of esters is 1. The number of allylic oxidation sites excluding steroid dienone is 4. The lowest BCUT2D eigenvalue weighted by Crippen LogP contribution is -2.53. The molecule has 2 fully saturated rings. The highest BCUT2D eigenvalue weighted by atomic mass is 16.6. The van der Waals surface area contributed by atoms with Crippen molar-refractivity contribution in [3.8, 4) is 0 Å². The molecule has 2 N–H and O–H groups in total. The molecule has 25 heavy (non-hydrogen) atoms. The summed E-state index contributed by atoms with van der Waals surface area (Å²) in [7, 11) is 0. The summed E-state index contributed by atoms with van der Waals surface area (Å²) in [6.45, 7) is 4.69. The summed E-state index contributed by atoms with van der Waals surface area (Å²) in [5.41, 5.74) is 0.240. The SMILES string of the molecule is C[C@@]12CC=C[C@H]1[C@@H]1CC[C@@H]3CCC=C(OC(=O)C(O)O)[C@]3(C)[C@H]1CC2. The minimum Gasteiger partial charge on any atom is -0.427 e. The maximum absolute atomic E-state index is 11.8. The molecular formula is C21H30O4. The highest BCUT2D eigenvalue weighted by molar-refractivity contribution is 5.73. The van der Waals surface area contributed by atoms with Crippen molar-refractivity contribution in [2.24, 2.45) is 34.5 Å². The molecule has 0 aromatic heterocycles. The second-order valence-electron chi connectivity index (χ2n) is 9.12. The average molecular weight is 346 g/mol. The normalized spacial score (nSPS) is 45.4. The number of carbonyl (C=O) groups is 1. The third-order valence-electron chi connectivity index (χ3n) is 8.00. The van der Waals surface area contributed by atoms with Crippen LogP contribution in [0.15, 0.2) is 24.0 Å². The van der Waals surface area contributed by atoms with E-state index in [-0.39, 0.29) is 5.41 Å². The molecule has 4 rings (SSSR count). The van der Waals surface area contributed by atoms with Crippen molar-refractivity contribution >= 4 is 5.97 Å². The second-order valence-corrected chi connectivity index (χ2v) is 9.12. The number of fused-ring (bicyclic) bond motifs is 5. The van der Waals surface area contributed by atoms with Crippen LogP contribution in [0.4, 0.5) is 0 Å². The Balaban J connectivity index is 1.66. The third kappa shape index (κ3) is 2.52. The van der Waals surface area contributed by atoms with Gasteiger partial charge in [-0.2, -0.15) is 0 Å². The molecule has 4 aliphatic rings. The van der Waals surface area contributed by atoms with E-state index < -0.39 is 12.3 Å². The topological polar surface area (TPSA) is 66.8 Å². The van der Waals surface area contributed by atoms with Gasteiger partial charge in [0.25, 0.3) is 6.29 Å². The first-order valence-electron chi connectivity index (χ1n) is 9.81. The Morgan fingerprint density at radius 1 is 1.24 bits per heavy atom. The van der Waals surface area contributed by atoms with Gasteiger partial charge < -0.3 is 14.9 Å². The lowest BCUT2D eigenvalue weighted by Gasteiger charge is -2.59. The molecule has 2 saturated carbocycles. The molecule has 0 unspecified atom stereocenters. The largest absolute Gasteiger partial charge is 0.427 e. The van der Waals surface area contributed by atoms with Crippen LogP contribution in [-0.4, -0.2) is 22.5 Å². The van der Waals surface area contributed by atoms with Gasteiger partial charge >= 0.3 is 5.97 Å². The highest BCUT2D eigenvalue weighted by Crippen LogP contribution is 2.65. The zero-order valence-electron chi connectivity index (χ0n) is 15.3. The number of aliphatic hydroxyl groups excluding tert-OH is 1. The zero-order valence-corrected chi connectivity index (χ0v) is 15.3. The van der Waals surface area contributed by atoms with Crippen molar-refractivity contribution in [3.63, 3.8) is 0 Å². The quantitative estimate of drug-likeness (QED) is 0.456. The van der Waals surface area contributed by atoms with Crippen molar-refractivity contribution in [3.05, 3.63) is 24.0 Å². The molecule has 0 aliphatic heterocycles. The number of hydrogen-bond donors (Lipinski definition) is 2. The van der Waals surface area contributed by atoms with E-state index in [0.717, 1.165) is 12.8 Å². The Kier molecular flexibility index (Phi) is 4.12. The summed E-state index contributed by atoms with van der Waals surface area (Å²) in [5, 5.41) is 18.3. The van der Waals surface area contributed by atoms with Crippen molar-refractivity contribution in [1.29, 1.82) is 0 Å². The molecule has 4 heteroatoms. The third-order valence-corrected chi connectivity index (χ3v) is 8.00. The van der Waals surface area contributed by atoms with E-state index in [1.54, 1.807) is 0 Å². The van der Waals surface area contributed by atoms with Gasteiger partial charge in [0.2, 0.25) is 0 Å². The molecule has 0 spiro atoms. The molecule has 0 amide bonds. The molecule has 0 aromatic carbocycles. The van der Waals surface area contributed by atoms with Gasteiger partial charge in [-0.1, -0.05) is 26.0 Å². The summed E-state index contributed by atoms with van der Waals surface area (Å²) in [4.78, 5) is 11.8. The van der Waals surface area contributed by atoms with Gasteiger partial charge in [0, 0.05) is 5.41 Å². The summed E-state index contributed by atoms with van der Waals surface area (Å²) in [6, 6.07) is 0. The van der Waals surface area contributed by atoms with Gasteiger partial charge in [0.1, 0.15) is 5.76 Å². The first-order valence-corrected chi connectivity index (χ1v) is 9.81. The van der Waals surface area contributed by atoms with E-state index in [2.05, 4.69) is 26.0 Å². The van der Waals surface area contributed by atoms with Crippen molar-refractivity contribution < 1.29 is 19.7 Å². The van der Waals surface area contributed by atoms with Gasteiger partial charge in [0.15, 0.2) is 0 Å². The minimum atomic E-state index is -2.06.